The Bertz CT molecular complexity index is 1100. The molecule has 0 amide bonds. The topological polar surface area (TPSA) is 92.9 Å². The van der Waals surface area contributed by atoms with Crippen LogP contribution < -0.4 is 11.2 Å². The van der Waals surface area contributed by atoms with Gasteiger partial charge >= 0.3 is 0 Å². The summed E-state index contributed by atoms with van der Waals surface area (Å²) < 4.78 is 1.86. The van der Waals surface area contributed by atoms with E-state index in [9.17, 15) is 0 Å². The quantitative estimate of drug-likeness (QED) is 0.440. The second kappa shape index (κ2) is 11.3. The van der Waals surface area contributed by atoms with Gasteiger partial charge < -0.3 is 11.1 Å². The standard InChI is InChI=1S/C21H24N6S.C2H6/c1-4-15-9-10-25-20-6-5-17(11-18(15)20)28-14(2)27-21(24-3)8-7-19(26-27)16(12-22)13-23;1-2/h5-14,22H,4,23H2,1-3H3;1-2H3/b16-13+,22-12?,24-21?;. The Morgan fingerprint density at radius 1 is 1.27 bits per heavy atom. The van der Waals surface area contributed by atoms with E-state index in [1.165, 1.54) is 23.4 Å². The van der Waals surface area contributed by atoms with Crippen LogP contribution in [-0.2, 0) is 6.42 Å². The molecule has 158 valence electrons. The van der Waals surface area contributed by atoms with Gasteiger partial charge in [-0.25, -0.2) is 4.68 Å². The molecule has 0 radical (unpaired) electrons. The predicted octanol–water partition coefficient (Wildman–Crippen LogP) is 4.81. The summed E-state index contributed by atoms with van der Waals surface area (Å²) in [5.41, 5.74) is 9.90. The minimum atomic E-state index is 0.00241. The SMILES string of the molecule is CC.CCc1ccnc2ccc(SC(C)n3nc(/C(C=N)=C/N)ccc3=NC)cc12. The van der Waals surface area contributed by atoms with Crippen molar-refractivity contribution in [1.29, 1.82) is 5.41 Å². The Balaban J connectivity index is 0.00000155. The van der Waals surface area contributed by atoms with Crippen LogP contribution in [0, 0.1) is 5.41 Å². The first-order valence-electron chi connectivity index (χ1n) is 10.1. The third-order valence-corrected chi connectivity index (χ3v) is 5.60. The van der Waals surface area contributed by atoms with E-state index < -0.39 is 0 Å². The van der Waals surface area contributed by atoms with Crippen molar-refractivity contribution in [1.82, 2.24) is 14.8 Å². The van der Waals surface area contributed by atoms with Crippen LogP contribution in [0.25, 0.3) is 16.5 Å². The number of thioether (sulfide) groups is 1. The number of rotatable bonds is 6. The van der Waals surface area contributed by atoms with Crippen molar-refractivity contribution in [2.45, 2.75) is 44.4 Å². The number of hydrogen-bond acceptors (Lipinski definition) is 6. The Morgan fingerprint density at radius 3 is 2.67 bits per heavy atom. The molecule has 3 aromatic rings. The van der Waals surface area contributed by atoms with Gasteiger partial charge in [-0.3, -0.25) is 9.98 Å². The van der Waals surface area contributed by atoms with E-state index >= 15 is 0 Å². The van der Waals surface area contributed by atoms with Crippen molar-refractivity contribution in [3.63, 3.8) is 0 Å². The van der Waals surface area contributed by atoms with Crippen molar-refractivity contribution in [3.05, 3.63) is 65.5 Å². The van der Waals surface area contributed by atoms with Crippen molar-refractivity contribution in [2.75, 3.05) is 7.05 Å². The molecule has 1 aromatic carbocycles. The minimum absolute atomic E-state index is 0.00241. The van der Waals surface area contributed by atoms with E-state index in [1.807, 2.05) is 36.9 Å². The average molecular weight is 423 g/mol. The third-order valence-electron chi connectivity index (χ3n) is 4.54. The Morgan fingerprint density at radius 2 is 2.03 bits per heavy atom. The Kier molecular flexibility index (Phi) is 8.80. The summed E-state index contributed by atoms with van der Waals surface area (Å²) in [6, 6.07) is 12.1. The maximum Gasteiger partial charge on any atom is 0.145 e. The Hall–Kier alpha value is -2.93. The lowest BCUT2D eigenvalue weighted by Crippen LogP contribution is -2.26. The predicted molar refractivity (Wildman–Crippen MR) is 128 cm³/mol. The number of benzene rings is 1. The number of nitrogens with two attached hydrogens (primary N) is 1. The molecule has 1 atom stereocenters. The molecule has 7 heteroatoms. The zero-order valence-corrected chi connectivity index (χ0v) is 19.1. The van der Waals surface area contributed by atoms with Crippen molar-refractivity contribution >= 4 is 34.5 Å². The summed E-state index contributed by atoms with van der Waals surface area (Å²) in [5.74, 6) is 0. The van der Waals surface area contributed by atoms with Gasteiger partial charge in [0, 0.05) is 41.5 Å². The molecule has 6 nitrogen and oxygen atoms in total. The van der Waals surface area contributed by atoms with E-state index in [2.05, 4.69) is 53.2 Å². The van der Waals surface area contributed by atoms with Crippen LogP contribution >= 0.6 is 11.8 Å². The van der Waals surface area contributed by atoms with Gasteiger partial charge in [0.1, 0.15) is 10.9 Å². The van der Waals surface area contributed by atoms with E-state index in [0.29, 0.717) is 11.3 Å². The molecular formula is C23H30N6S. The highest BCUT2D eigenvalue weighted by molar-refractivity contribution is 7.99. The van der Waals surface area contributed by atoms with Gasteiger partial charge in [0.2, 0.25) is 0 Å². The molecule has 3 rings (SSSR count). The minimum Gasteiger partial charge on any atom is -0.404 e. The molecule has 1 unspecified atom stereocenters. The molecular weight excluding hydrogens is 392 g/mol. The molecule has 3 N–H and O–H groups in total. The highest BCUT2D eigenvalue weighted by Crippen LogP contribution is 2.32. The van der Waals surface area contributed by atoms with E-state index in [1.54, 1.807) is 18.8 Å². The summed E-state index contributed by atoms with van der Waals surface area (Å²) in [6.45, 7) is 8.24. The van der Waals surface area contributed by atoms with Crippen LogP contribution in [0.15, 0.2) is 58.7 Å². The summed E-state index contributed by atoms with van der Waals surface area (Å²) in [5, 5.41) is 13.4. The first kappa shape index (κ1) is 23.3. The molecule has 0 fully saturated rings. The highest BCUT2D eigenvalue weighted by Gasteiger charge is 2.12. The molecule has 0 aliphatic heterocycles. The zero-order valence-electron chi connectivity index (χ0n) is 18.3. The summed E-state index contributed by atoms with van der Waals surface area (Å²) in [7, 11) is 1.75. The van der Waals surface area contributed by atoms with Crippen molar-refractivity contribution in [3.8, 4) is 0 Å². The molecule has 0 saturated carbocycles. The van der Waals surface area contributed by atoms with Gasteiger partial charge in [-0.1, -0.05) is 32.5 Å². The third kappa shape index (κ3) is 5.16. The molecule has 0 saturated heterocycles. The van der Waals surface area contributed by atoms with Gasteiger partial charge in [-0.05, 0) is 55.3 Å². The number of fused-ring (bicyclic) bond motifs is 1. The van der Waals surface area contributed by atoms with Crippen LogP contribution in [0.3, 0.4) is 0 Å². The number of nitrogens with zero attached hydrogens (tertiary/aromatic N) is 4. The molecule has 30 heavy (non-hydrogen) atoms. The van der Waals surface area contributed by atoms with Crippen LogP contribution in [0.4, 0.5) is 0 Å². The van der Waals surface area contributed by atoms with Crippen LogP contribution in [0.2, 0.25) is 0 Å². The smallest absolute Gasteiger partial charge is 0.145 e. The molecule has 0 aliphatic carbocycles. The largest absolute Gasteiger partial charge is 0.404 e. The first-order chi connectivity index (χ1) is 14.6. The maximum atomic E-state index is 7.51. The molecule has 0 spiro atoms. The number of hydrogen-bond donors (Lipinski definition) is 2. The van der Waals surface area contributed by atoms with Crippen LogP contribution in [0.5, 0.6) is 0 Å². The monoisotopic (exact) mass is 422 g/mol. The molecule has 0 bridgehead atoms. The molecule has 2 aromatic heterocycles. The fourth-order valence-corrected chi connectivity index (χ4v) is 4.03. The number of nitrogens with one attached hydrogen (secondary N) is 1. The summed E-state index contributed by atoms with van der Waals surface area (Å²) in [4.78, 5) is 9.94. The van der Waals surface area contributed by atoms with Gasteiger partial charge in [0.05, 0.1) is 11.2 Å². The van der Waals surface area contributed by atoms with Crippen molar-refractivity contribution in [2.24, 2.45) is 10.7 Å². The number of allylic oxidation sites excluding steroid dienone is 1. The summed E-state index contributed by atoms with van der Waals surface area (Å²) in [6.07, 6.45) is 5.43. The lowest BCUT2D eigenvalue weighted by Gasteiger charge is -2.17. The lowest BCUT2D eigenvalue weighted by molar-refractivity contribution is 0.585. The maximum absolute atomic E-state index is 7.51. The zero-order chi connectivity index (χ0) is 22.1. The second-order valence-corrected chi connectivity index (χ2v) is 7.62. The van der Waals surface area contributed by atoms with Gasteiger partial charge in [0.15, 0.2) is 0 Å². The normalized spacial score (nSPS) is 13.0. The van der Waals surface area contributed by atoms with E-state index in [0.717, 1.165) is 22.3 Å². The molecule has 0 aliphatic rings. The van der Waals surface area contributed by atoms with E-state index in [4.69, 9.17) is 11.1 Å². The van der Waals surface area contributed by atoms with Gasteiger partial charge in [-0.15, -0.1) is 0 Å². The number of aryl methyl sites for hydroxylation is 1. The van der Waals surface area contributed by atoms with Crippen molar-refractivity contribution < 1.29 is 0 Å². The fourth-order valence-electron chi connectivity index (χ4n) is 3.05. The molecule has 2 heterocycles. The first-order valence-corrected chi connectivity index (χ1v) is 11.0. The van der Waals surface area contributed by atoms with Gasteiger partial charge in [-0.2, -0.15) is 5.10 Å². The van der Waals surface area contributed by atoms with Gasteiger partial charge in [0.25, 0.3) is 0 Å². The Labute approximate surface area is 182 Å². The fraction of sp³-hybridized carbons (Fsp3) is 0.304. The number of pyridine rings is 1. The van der Waals surface area contributed by atoms with E-state index in [-0.39, 0.29) is 5.37 Å². The average Bonchev–Trinajstić information content (AvgIpc) is 2.80. The second-order valence-electron chi connectivity index (χ2n) is 6.23. The number of aromatic nitrogens is 3. The summed E-state index contributed by atoms with van der Waals surface area (Å²) >= 11 is 1.70. The lowest BCUT2D eigenvalue weighted by atomic mass is 10.1. The highest BCUT2D eigenvalue weighted by atomic mass is 32.2. The van der Waals surface area contributed by atoms with Crippen LogP contribution in [0.1, 0.15) is 44.3 Å². The van der Waals surface area contributed by atoms with Crippen LogP contribution in [-0.4, -0.2) is 28.0 Å².